The zero-order valence-corrected chi connectivity index (χ0v) is 23.7. The summed E-state index contributed by atoms with van der Waals surface area (Å²) in [6.45, 7) is 12.6. The summed E-state index contributed by atoms with van der Waals surface area (Å²) in [7, 11) is 0. The minimum Gasteiger partial charge on any atom is -0.424 e. The van der Waals surface area contributed by atoms with Crippen molar-refractivity contribution in [2.75, 3.05) is 13.6 Å². The Balaban J connectivity index is 1.60. The molecule has 0 saturated heterocycles. The van der Waals surface area contributed by atoms with Gasteiger partial charge in [-0.2, -0.15) is 0 Å². The van der Waals surface area contributed by atoms with Gasteiger partial charge in [-0.05, 0) is 85.3 Å². The highest BCUT2D eigenvalue weighted by Gasteiger charge is 2.13. The maximum absolute atomic E-state index is 11.8. The Kier molecular flexibility index (Phi) is 10.6. The highest BCUT2D eigenvalue weighted by molar-refractivity contribution is 5.87. The maximum atomic E-state index is 11.8. The van der Waals surface area contributed by atoms with Gasteiger partial charge >= 0.3 is 24.2 Å². The number of carbonyl (C=O) groups excluding carboxylic acids is 4. The van der Waals surface area contributed by atoms with Gasteiger partial charge in [-0.15, -0.1) is 0 Å². The second kappa shape index (κ2) is 14.3. The molecule has 218 valence electrons. The molecule has 0 spiro atoms. The van der Waals surface area contributed by atoms with Gasteiger partial charge in [0.1, 0.15) is 11.5 Å². The lowest BCUT2D eigenvalue weighted by atomic mass is 9.92. The van der Waals surface area contributed by atoms with Crippen molar-refractivity contribution < 1.29 is 47.6 Å². The lowest BCUT2D eigenvalue weighted by Gasteiger charge is -2.14. The molecule has 3 aromatic carbocycles. The number of hydrogen-bond donors (Lipinski definition) is 0. The highest BCUT2D eigenvalue weighted by atomic mass is 16.8. The van der Waals surface area contributed by atoms with Crippen LogP contribution in [0, 0.1) is 13.8 Å². The van der Waals surface area contributed by atoms with E-state index in [0.717, 1.165) is 33.4 Å². The molecule has 0 radical (unpaired) electrons. The average Bonchev–Trinajstić information content (AvgIpc) is 2.94. The Morgan fingerprint density at radius 1 is 0.571 bits per heavy atom. The second-order valence-corrected chi connectivity index (χ2v) is 9.18. The van der Waals surface area contributed by atoms with Gasteiger partial charge in [0, 0.05) is 11.1 Å². The quantitative estimate of drug-likeness (QED) is 0.110. The van der Waals surface area contributed by atoms with Gasteiger partial charge in [0.05, 0.1) is 0 Å². The fraction of sp³-hybridized carbons (Fsp3) is 0.188. The number of aryl methyl sites for hydroxylation is 2. The largest absolute Gasteiger partial charge is 0.516 e. The number of ether oxygens (including phenoxy) is 6. The van der Waals surface area contributed by atoms with Crippen LogP contribution in [0.15, 0.2) is 85.0 Å². The molecule has 10 heteroatoms. The van der Waals surface area contributed by atoms with Crippen LogP contribution in [0.5, 0.6) is 11.5 Å². The van der Waals surface area contributed by atoms with E-state index < -0.39 is 37.8 Å². The molecule has 3 rings (SSSR count). The molecular formula is C32H30O10. The van der Waals surface area contributed by atoms with Crippen molar-refractivity contribution in [1.82, 2.24) is 0 Å². The van der Waals surface area contributed by atoms with Gasteiger partial charge in [-0.3, -0.25) is 0 Å². The first-order valence-corrected chi connectivity index (χ1v) is 12.6. The van der Waals surface area contributed by atoms with Crippen LogP contribution in [-0.4, -0.2) is 37.8 Å². The Bertz CT molecular complexity index is 1390. The van der Waals surface area contributed by atoms with Crippen molar-refractivity contribution in [3.63, 3.8) is 0 Å². The first-order chi connectivity index (χ1) is 19.9. The molecule has 10 nitrogen and oxygen atoms in total. The van der Waals surface area contributed by atoms with Crippen LogP contribution in [0.4, 0.5) is 9.59 Å². The Morgan fingerprint density at radius 2 is 0.905 bits per heavy atom. The summed E-state index contributed by atoms with van der Waals surface area (Å²) >= 11 is 0. The molecule has 0 amide bonds. The fourth-order valence-corrected chi connectivity index (χ4v) is 3.60. The van der Waals surface area contributed by atoms with Crippen molar-refractivity contribution in [3.8, 4) is 33.8 Å². The van der Waals surface area contributed by atoms with Gasteiger partial charge in [-0.1, -0.05) is 49.6 Å². The van der Waals surface area contributed by atoms with Gasteiger partial charge in [0.15, 0.2) is 0 Å². The van der Waals surface area contributed by atoms with Gasteiger partial charge < -0.3 is 28.4 Å². The standard InChI is InChI=1S/C32H30O10/c1-19(2)29(33)37-17-39-31(35)41-25-11-7-23(8-12-25)27-15-22(6)28(16-21(27)5)24-9-13-26(14-10-24)42-32(36)40-18-38-30(34)20(3)4/h7-16H,1,3,17-18H2,2,4-6H3. The average molecular weight is 575 g/mol. The minimum atomic E-state index is -1.01. The van der Waals surface area contributed by atoms with E-state index in [-0.39, 0.29) is 22.6 Å². The topological polar surface area (TPSA) is 124 Å². The summed E-state index contributed by atoms with van der Waals surface area (Å²) in [5, 5.41) is 0. The van der Waals surface area contributed by atoms with E-state index in [2.05, 4.69) is 25.3 Å². The zero-order valence-electron chi connectivity index (χ0n) is 23.7. The summed E-state index contributed by atoms with van der Waals surface area (Å²) < 4.78 is 29.1. The Labute approximate surface area is 243 Å². The van der Waals surface area contributed by atoms with E-state index in [1.807, 2.05) is 38.1 Å². The molecule has 0 N–H and O–H groups in total. The van der Waals surface area contributed by atoms with E-state index in [0.29, 0.717) is 0 Å². The highest BCUT2D eigenvalue weighted by Crippen LogP contribution is 2.33. The van der Waals surface area contributed by atoms with E-state index in [9.17, 15) is 19.2 Å². The number of hydrogen-bond acceptors (Lipinski definition) is 10. The smallest absolute Gasteiger partial charge is 0.424 e. The molecule has 0 atom stereocenters. The molecule has 0 aliphatic carbocycles. The van der Waals surface area contributed by atoms with Crippen molar-refractivity contribution in [2.45, 2.75) is 27.7 Å². The van der Waals surface area contributed by atoms with E-state index in [1.54, 1.807) is 24.3 Å². The Hall–Kier alpha value is -5.38. The third-order valence-corrected chi connectivity index (χ3v) is 5.73. The third-order valence-electron chi connectivity index (χ3n) is 5.73. The van der Waals surface area contributed by atoms with Crippen LogP contribution in [0.1, 0.15) is 25.0 Å². The SMILES string of the molecule is C=C(C)C(=O)OCOC(=O)Oc1ccc(-c2cc(C)c(-c3ccc(OC(=O)OCOC(=O)C(=C)C)cc3)cc2C)cc1. The zero-order chi connectivity index (χ0) is 30.8. The molecule has 42 heavy (non-hydrogen) atoms. The van der Waals surface area contributed by atoms with Crippen molar-refractivity contribution in [2.24, 2.45) is 0 Å². The fourth-order valence-electron chi connectivity index (χ4n) is 3.60. The van der Waals surface area contributed by atoms with E-state index in [1.165, 1.54) is 13.8 Å². The lowest BCUT2D eigenvalue weighted by molar-refractivity contribution is -0.148. The van der Waals surface area contributed by atoms with Crippen LogP contribution in [0.3, 0.4) is 0 Å². The van der Waals surface area contributed by atoms with Crippen LogP contribution < -0.4 is 9.47 Å². The summed E-state index contributed by atoms with van der Waals surface area (Å²) in [6, 6.07) is 17.9. The third kappa shape index (κ3) is 8.82. The second-order valence-electron chi connectivity index (χ2n) is 9.18. The molecule has 0 fully saturated rings. The summed E-state index contributed by atoms with van der Waals surface area (Å²) in [6.07, 6.45) is -2.02. The van der Waals surface area contributed by atoms with Crippen LogP contribution in [0.25, 0.3) is 22.3 Å². The molecular weight excluding hydrogens is 544 g/mol. The molecule has 3 aromatic rings. The predicted octanol–water partition coefficient (Wildman–Crippen LogP) is 6.82. The lowest BCUT2D eigenvalue weighted by Crippen LogP contribution is -2.16. The summed E-state index contributed by atoms with van der Waals surface area (Å²) in [5.74, 6) is -0.817. The molecule has 0 bridgehead atoms. The molecule has 0 aliphatic rings. The van der Waals surface area contributed by atoms with Gasteiger partial charge in [0.25, 0.3) is 0 Å². The van der Waals surface area contributed by atoms with Crippen LogP contribution >= 0.6 is 0 Å². The molecule has 0 aromatic heterocycles. The number of carbonyl (C=O) groups is 4. The van der Waals surface area contributed by atoms with Crippen molar-refractivity contribution >= 4 is 24.2 Å². The number of benzene rings is 3. The predicted molar refractivity (Wildman–Crippen MR) is 153 cm³/mol. The first kappa shape index (κ1) is 31.2. The Morgan fingerprint density at radius 3 is 1.21 bits per heavy atom. The molecule has 0 aliphatic heterocycles. The van der Waals surface area contributed by atoms with Crippen LogP contribution in [0.2, 0.25) is 0 Å². The van der Waals surface area contributed by atoms with Crippen LogP contribution in [-0.2, 0) is 28.5 Å². The maximum Gasteiger partial charge on any atom is 0.516 e. The number of rotatable bonds is 10. The van der Waals surface area contributed by atoms with Crippen molar-refractivity contribution in [1.29, 1.82) is 0 Å². The van der Waals surface area contributed by atoms with Gasteiger partial charge in [-0.25, -0.2) is 19.2 Å². The minimum absolute atomic E-state index is 0.186. The first-order valence-electron chi connectivity index (χ1n) is 12.6. The normalized spacial score (nSPS) is 10.2. The molecule has 0 heterocycles. The van der Waals surface area contributed by atoms with E-state index in [4.69, 9.17) is 28.4 Å². The van der Waals surface area contributed by atoms with E-state index >= 15 is 0 Å². The molecule has 0 saturated carbocycles. The number of esters is 2. The summed E-state index contributed by atoms with van der Waals surface area (Å²) in [4.78, 5) is 46.3. The monoisotopic (exact) mass is 574 g/mol. The van der Waals surface area contributed by atoms with Gasteiger partial charge in [0.2, 0.25) is 13.6 Å². The summed E-state index contributed by atoms with van der Waals surface area (Å²) in [5.41, 5.74) is 6.20. The van der Waals surface area contributed by atoms with Crippen molar-refractivity contribution in [3.05, 3.63) is 96.1 Å². The molecule has 0 unspecified atom stereocenters.